The van der Waals surface area contributed by atoms with Crippen molar-refractivity contribution in [2.45, 2.75) is 24.9 Å². The number of ether oxygens (including phenoxy) is 1. The molecule has 20 heavy (non-hydrogen) atoms. The number of amides is 1. The van der Waals surface area contributed by atoms with Gasteiger partial charge in [-0.25, -0.2) is 0 Å². The molecule has 0 spiro atoms. The zero-order valence-electron chi connectivity index (χ0n) is 11.4. The Labute approximate surface area is 118 Å². The number of hydrogen-bond donors (Lipinski definition) is 0. The molecule has 0 N–H and O–H groups in total. The fourth-order valence-corrected chi connectivity index (χ4v) is 2.96. The van der Waals surface area contributed by atoms with E-state index in [2.05, 4.69) is 6.07 Å². The van der Waals surface area contributed by atoms with Crippen molar-refractivity contribution in [3.05, 3.63) is 35.9 Å². The molecule has 2 aliphatic heterocycles. The summed E-state index contributed by atoms with van der Waals surface area (Å²) in [5.74, 6) is 0.397. The number of rotatable bonds is 3. The van der Waals surface area contributed by atoms with Gasteiger partial charge in [0.15, 0.2) is 6.10 Å². The molecule has 3 rings (SSSR count). The monoisotopic (exact) mass is 270 g/mol. The molecule has 4 nitrogen and oxygen atoms in total. The number of carbonyl (C=O) groups is 1. The molecule has 2 fully saturated rings. The second-order valence-corrected chi connectivity index (χ2v) is 5.50. The largest absolute Gasteiger partial charge is 0.363 e. The third kappa shape index (κ3) is 2.68. The molecule has 1 aromatic rings. The summed E-state index contributed by atoms with van der Waals surface area (Å²) < 4.78 is 5.04. The van der Waals surface area contributed by atoms with E-state index < -0.39 is 0 Å². The lowest BCUT2D eigenvalue weighted by Gasteiger charge is -2.33. The third-order valence-corrected chi connectivity index (χ3v) is 4.23. The minimum atomic E-state index is -0.188. The Kier molecular flexibility index (Phi) is 3.70. The van der Waals surface area contributed by atoms with Gasteiger partial charge in [-0.3, -0.25) is 4.79 Å². The highest BCUT2D eigenvalue weighted by Crippen LogP contribution is 2.32. The molecule has 1 aromatic carbocycles. The number of nitriles is 1. The summed E-state index contributed by atoms with van der Waals surface area (Å²) in [5.41, 5.74) is 1.09. The first kappa shape index (κ1) is 13.1. The van der Waals surface area contributed by atoms with Crippen LogP contribution in [-0.2, 0) is 9.53 Å². The number of carbonyl (C=O) groups excluding carboxylic acids is 1. The van der Waals surface area contributed by atoms with E-state index in [4.69, 9.17) is 4.74 Å². The lowest BCUT2D eigenvalue weighted by molar-refractivity contribution is -0.133. The van der Waals surface area contributed by atoms with Gasteiger partial charge in [0.25, 0.3) is 5.91 Å². The van der Waals surface area contributed by atoms with Crippen LogP contribution in [0.1, 0.15) is 24.3 Å². The molecule has 2 aliphatic rings. The molecule has 0 saturated carbocycles. The summed E-state index contributed by atoms with van der Waals surface area (Å²) in [6, 6.07) is 12.4. The first-order valence-electron chi connectivity index (χ1n) is 7.14. The zero-order valence-corrected chi connectivity index (χ0v) is 11.4. The highest BCUT2D eigenvalue weighted by atomic mass is 16.6. The highest BCUT2D eigenvalue weighted by Gasteiger charge is 2.37. The summed E-state index contributed by atoms with van der Waals surface area (Å²) in [7, 11) is 0. The number of nitrogens with zero attached hydrogens (tertiary/aromatic N) is 2. The molecule has 0 radical (unpaired) electrons. The van der Waals surface area contributed by atoms with E-state index in [0.29, 0.717) is 12.5 Å². The SMILES string of the molecule is N#CC(c1ccccc1)C1CCN(C(=O)C2CO2)CC1. The first-order valence-corrected chi connectivity index (χ1v) is 7.14. The molecule has 0 bridgehead atoms. The molecule has 2 saturated heterocycles. The Morgan fingerprint density at radius 3 is 2.50 bits per heavy atom. The van der Waals surface area contributed by atoms with Crippen LogP contribution < -0.4 is 0 Å². The number of piperidine rings is 1. The number of hydrogen-bond acceptors (Lipinski definition) is 3. The van der Waals surface area contributed by atoms with Gasteiger partial charge in [0.2, 0.25) is 0 Å². The minimum absolute atomic E-state index is 0.0642. The molecule has 2 atom stereocenters. The van der Waals surface area contributed by atoms with Crippen molar-refractivity contribution < 1.29 is 9.53 Å². The summed E-state index contributed by atoms with van der Waals surface area (Å²) in [6.07, 6.45) is 1.60. The quantitative estimate of drug-likeness (QED) is 0.789. The first-order chi connectivity index (χ1) is 9.79. The molecular weight excluding hydrogens is 252 g/mol. The van der Waals surface area contributed by atoms with Gasteiger partial charge in [-0.2, -0.15) is 5.26 Å². The van der Waals surface area contributed by atoms with Crippen LogP contribution in [-0.4, -0.2) is 36.6 Å². The third-order valence-electron chi connectivity index (χ3n) is 4.23. The molecule has 4 heteroatoms. The van der Waals surface area contributed by atoms with E-state index in [1.54, 1.807) is 0 Å². The van der Waals surface area contributed by atoms with Crippen molar-refractivity contribution in [1.82, 2.24) is 4.90 Å². The van der Waals surface area contributed by atoms with Crippen LogP contribution in [0.25, 0.3) is 0 Å². The van der Waals surface area contributed by atoms with Gasteiger partial charge in [0.1, 0.15) is 0 Å². The zero-order chi connectivity index (χ0) is 13.9. The molecule has 0 aliphatic carbocycles. The van der Waals surface area contributed by atoms with E-state index in [0.717, 1.165) is 31.5 Å². The molecule has 2 unspecified atom stereocenters. The summed E-state index contributed by atoms with van der Waals surface area (Å²) >= 11 is 0. The highest BCUT2D eigenvalue weighted by molar-refractivity contribution is 5.83. The standard InChI is InChI=1S/C16H18N2O2/c17-10-14(12-4-2-1-3-5-12)13-6-8-18(9-7-13)16(19)15-11-20-15/h1-5,13-15H,6-9,11H2. The maximum atomic E-state index is 11.9. The van der Waals surface area contributed by atoms with Crippen LogP contribution in [0.4, 0.5) is 0 Å². The van der Waals surface area contributed by atoms with Crippen molar-refractivity contribution in [3.63, 3.8) is 0 Å². The molecule has 2 heterocycles. The van der Waals surface area contributed by atoms with Gasteiger partial charge in [-0.05, 0) is 24.3 Å². The van der Waals surface area contributed by atoms with Crippen LogP contribution in [0, 0.1) is 17.2 Å². The smallest absolute Gasteiger partial charge is 0.254 e. The minimum Gasteiger partial charge on any atom is -0.363 e. The Morgan fingerprint density at radius 2 is 1.95 bits per heavy atom. The lowest BCUT2D eigenvalue weighted by atomic mass is 9.81. The topological polar surface area (TPSA) is 56.6 Å². The van der Waals surface area contributed by atoms with Gasteiger partial charge in [0.05, 0.1) is 18.6 Å². The summed E-state index contributed by atoms with van der Waals surface area (Å²) in [6.45, 7) is 2.06. The Hall–Kier alpha value is -1.86. The van der Waals surface area contributed by atoms with E-state index in [1.807, 2.05) is 35.2 Å². The number of likely N-dealkylation sites (tertiary alicyclic amines) is 1. The van der Waals surface area contributed by atoms with Crippen molar-refractivity contribution >= 4 is 5.91 Å². The number of epoxide rings is 1. The molecule has 104 valence electrons. The second-order valence-electron chi connectivity index (χ2n) is 5.50. The van der Waals surface area contributed by atoms with E-state index >= 15 is 0 Å². The van der Waals surface area contributed by atoms with Crippen molar-refractivity contribution in [3.8, 4) is 6.07 Å². The maximum Gasteiger partial charge on any atom is 0.254 e. The van der Waals surface area contributed by atoms with Gasteiger partial charge in [0, 0.05) is 13.1 Å². The van der Waals surface area contributed by atoms with Crippen LogP contribution >= 0.6 is 0 Å². The normalized spacial score (nSPS) is 23.9. The van der Waals surface area contributed by atoms with Gasteiger partial charge >= 0.3 is 0 Å². The average Bonchev–Trinajstić information content (AvgIpc) is 3.34. The van der Waals surface area contributed by atoms with Gasteiger partial charge in [-0.15, -0.1) is 0 Å². The Bertz CT molecular complexity index is 511. The van der Waals surface area contributed by atoms with Crippen LogP contribution in [0.15, 0.2) is 30.3 Å². The molecular formula is C16H18N2O2. The average molecular weight is 270 g/mol. The summed E-state index contributed by atoms with van der Waals surface area (Å²) in [5, 5.41) is 9.45. The predicted molar refractivity (Wildman–Crippen MR) is 73.8 cm³/mol. The van der Waals surface area contributed by atoms with E-state index in [9.17, 15) is 10.1 Å². The predicted octanol–water partition coefficient (Wildman–Crippen LogP) is 1.93. The Balaban J connectivity index is 1.62. The van der Waals surface area contributed by atoms with Crippen molar-refractivity contribution in [2.75, 3.05) is 19.7 Å². The van der Waals surface area contributed by atoms with Crippen LogP contribution in [0.5, 0.6) is 0 Å². The van der Waals surface area contributed by atoms with Crippen molar-refractivity contribution in [2.24, 2.45) is 5.92 Å². The maximum absolute atomic E-state index is 11.9. The van der Waals surface area contributed by atoms with E-state index in [1.165, 1.54) is 0 Å². The fourth-order valence-electron chi connectivity index (χ4n) is 2.96. The fraction of sp³-hybridized carbons (Fsp3) is 0.500. The summed E-state index contributed by atoms with van der Waals surface area (Å²) in [4.78, 5) is 13.8. The molecule has 0 aromatic heterocycles. The van der Waals surface area contributed by atoms with Crippen molar-refractivity contribution in [1.29, 1.82) is 5.26 Å². The Morgan fingerprint density at radius 1 is 1.30 bits per heavy atom. The second kappa shape index (κ2) is 5.64. The van der Waals surface area contributed by atoms with Gasteiger partial charge < -0.3 is 9.64 Å². The molecule has 1 amide bonds. The van der Waals surface area contributed by atoms with E-state index in [-0.39, 0.29) is 17.9 Å². The van der Waals surface area contributed by atoms with Crippen LogP contribution in [0.2, 0.25) is 0 Å². The van der Waals surface area contributed by atoms with Gasteiger partial charge in [-0.1, -0.05) is 30.3 Å². The van der Waals surface area contributed by atoms with Crippen LogP contribution in [0.3, 0.4) is 0 Å². The lowest BCUT2D eigenvalue weighted by Crippen LogP contribution is -2.41. The number of benzene rings is 1.